The van der Waals surface area contributed by atoms with Crippen LogP contribution in [0.4, 0.5) is 13.2 Å². The molecule has 0 aromatic heterocycles. The lowest BCUT2D eigenvalue weighted by atomic mass is 10.0. The van der Waals surface area contributed by atoms with Gasteiger partial charge in [-0.2, -0.15) is 21.6 Å². The van der Waals surface area contributed by atoms with E-state index >= 15 is 0 Å². The molecule has 0 amide bonds. The Kier molecular flexibility index (Phi) is 10.3. The predicted molar refractivity (Wildman–Crippen MR) is 111 cm³/mol. The average Bonchev–Trinajstić information content (AvgIpc) is 2.68. The van der Waals surface area contributed by atoms with Crippen molar-refractivity contribution in [3.63, 3.8) is 0 Å². The molecular formula is C22H30F3NO2S. The van der Waals surface area contributed by atoms with Crippen molar-refractivity contribution in [3.8, 4) is 11.8 Å². The maximum absolute atomic E-state index is 13.3. The summed E-state index contributed by atoms with van der Waals surface area (Å²) in [7, 11) is -5.47. The second-order valence-electron chi connectivity index (χ2n) is 6.73. The maximum Gasteiger partial charge on any atom is 0.516 e. The molecule has 0 aliphatic carbocycles. The van der Waals surface area contributed by atoms with E-state index in [0.29, 0.717) is 22.7 Å². The molecule has 0 fully saturated rings. The molecule has 0 aliphatic rings. The first kappa shape index (κ1) is 25.1. The lowest BCUT2D eigenvalue weighted by molar-refractivity contribution is -0.0481. The van der Waals surface area contributed by atoms with Gasteiger partial charge in [-0.1, -0.05) is 70.1 Å². The Bertz CT molecular complexity index is 819. The van der Waals surface area contributed by atoms with Gasteiger partial charge in [0, 0.05) is 23.4 Å². The van der Waals surface area contributed by atoms with Gasteiger partial charge in [-0.05, 0) is 37.8 Å². The van der Waals surface area contributed by atoms with Crippen LogP contribution in [0.15, 0.2) is 41.6 Å². The van der Waals surface area contributed by atoms with Gasteiger partial charge in [0.15, 0.2) is 0 Å². The van der Waals surface area contributed by atoms with Gasteiger partial charge in [-0.15, -0.1) is 0 Å². The number of halogens is 3. The van der Waals surface area contributed by atoms with E-state index < -0.39 is 15.5 Å². The van der Waals surface area contributed by atoms with Crippen LogP contribution in [-0.2, 0) is 10.0 Å². The quantitative estimate of drug-likeness (QED) is 0.326. The summed E-state index contributed by atoms with van der Waals surface area (Å²) >= 11 is 0. The fraction of sp³-hybridized carbons (Fsp3) is 0.545. The zero-order valence-electron chi connectivity index (χ0n) is 17.3. The third-order valence-corrected chi connectivity index (χ3v) is 5.98. The predicted octanol–water partition coefficient (Wildman–Crippen LogP) is 6.23. The molecule has 0 saturated carbocycles. The van der Waals surface area contributed by atoms with E-state index in [-0.39, 0.29) is 25.1 Å². The number of alkyl halides is 3. The van der Waals surface area contributed by atoms with E-state index in [1.807, 2.05) is 25.1 Å². The van der Waals surface area contributed by atoms with Gasteiger partial charge in [0.1, 0.15) is 0 Å². The summed E-state index contributed by atoms with van der Waals surface area (Å²) in [6.45, 7) is 5.26. The number of rotatable bonds is 10. The molecule has 3 nitrogen and oxygen atoms in total. The highest BCUT2D eigenvalue weighted by Gasteiger charge is 2.50. The minimum Gasteiger partial charge on any atom is -0.266 e. The van der Waals surface area contributed by atoms with Gasteiger partial charge in [0.2, 0.25) is 0 Å². The van der Waals surface area contributed by atoms with E-state index in [2.05, 4.69) is 11.8 Å². The SMILES string of the molecule is CCCCCC/C(=C(\C#Cc1ccccc1)CC)N(CCC)S(=O)(=O)C(F)(F)F. The topological polar surface area (TPSA) is 37.4 Å². The summed E-state index contributed by atoms with van der Waals surface area (Å²) in [4.78, 5) is 0. The third kappa shape index (κ3) is 7.43. The van der Waals surface area contributed by atoms with E-state index in [9.17, 15) is 21.6 Å². The Morgan fingerprint density at radius 1 is 1.00 bits per heavy atom. The molecule has 0 aliphatic heterocycles. The first-order valence-electron chi connectivity index (χ1n) is 10.1. The van der Waals surface area contributed by atoms with Crippen molar-refractivity contribution >= 4 is 10.0 Å². The fourth-order valence-electron chi connectivity index (χ4n) is 2.91. The summed E-state index contributed by atoms with van der Waals surface area (Å²) in [6.07, 6.45) is 4.26. The minimum atomic E-state index is -5.47. The monoisotopic (exact) mass is 429 g/mol. The van der Waals surface area contributed by atoms with Crippen molar-refractivity contribution in [1.82, 2.24) is 4.31 Å². The number of unbranched alkanes of at least 4 members (excludes halogenated alkanes) is 3. The Labute approximate surface area is 173 Å². The molecule has 1 aromatic carbocycles. The number of allylic oxidation sites excluding steroid dienone is 2. The molecular weight excluding hydrogens is 399 g/mol. The van der Waals surface area contributed by atoms with Crippen LogP contribution < -0.4 is 0 Å². The van der Waals surface area contributed by atoms with E-state index in [0.717, 1.165) is 24.8 Å². The summed E-state index contributed by atoms with van der Waals surface area (Å²) in [6, 6.07) is 9.10. The van der Waals surface area contributed by atoms with Crippen LogP contribution >= 0.6 is 0 Å². The molecule has 29 heavy (non-hydrogen) atoms. The van der Waals surface area contributed by atoms with Crippen LogP contribution in [0.1, 0.15) is 71.3 Å². The molecule has 0 unspecified atom stereocenters. The largest absolute Gasteiger partial charge is 0.516 e. The van der Waals surface area contributed by atoms with E-state index in [1.165, 1.54) is 0 Å². The smallest absolute Gasteiger partial charge is 0.266 e. The van der Waals surface area contributed by atoms with Gasteiger partial charge >= 0.3 is 15.5 Å². The van der Waals surface area contributed by atoms with E-state index in [1.54, 1.807) is 26.0 Å². The maximum atomic E-state index is 13.3. The Balaban J connectivity index is 3.47. The molecule has 0 atom stereocenters. The van der Waals surface area contributed by atoms with Crippen LogP contribution in [0.3, 0.4) is 0 Å². The number of hydrogen-bond acceptors (Lipinski definition) is 2. The van der Waals surface area contributed by atoms with Crippen molar-refractivity contribution in [2.75, 3.05) is 6.54 Å². The first-order valence-corrected chi connectivity index (χ1v) is 11.5. The van der Waals surface area contributed by atoms with Gasteiger partial charge in [-0.3, -0.25) is 4.31 Å². The standard InChI is InChI=1S/C22H30F3NO2S/c1-4-7-8-12-15-21(26(18-5-2)29(27,28)22(23,24)25)20(6-3)17-16-19-13-10-9-11-14-19/h9-11,13-14H,4-8,12,15,18H2,1-3H3/b21-20+. The molecule has 0 bridgehead atoms. The van der Waals surface area contributed by atoms with Gasteiger partial charge in [0.25, 0.3) is 0 Å². The van der Waals surface area contributed by atoms with Crippen LogP contribution in [0, 0.1) is 11.8 Å². The molecule has 1 rings (SSSR count). The minimum absolute atomic E-state index is 0.172. The highest BCUT2D eigenvalue weighted by atomic mass is 32.2. The van der Waals surface area contributed by atoms with Gasteiger partial charge in [-0.25, -0.2) is 0 Å². The summed E-state index contributed by atoms with van der Waals surface area (Å²) < 4.78 is 65.1. The fourth-order valence-corrected chi connectivity index (χ4v) is 4.07. The van der Waals surface area contributed by atoms with Crippen molar-refractivity contribution in [2.45, 2.75) is 71.2 Å². The second-order valence-corrected chi connectivity index (χ2v) is 8.58. The van der Waals surface area contributed by atoms with Crippen molar-refractivity contribution in [3.05, 3.63) is 47.2 Å². The zero-order valence-corrected chi connectivity index (χ0v) is 18.2. The van der Waals surface area contributed by atoms with E-state index in [4.69, 9.17) is 0 Å². The number of hydrogen-bond donors (Lipinski definition) is 0. The lowest BCUT2D eigenvalue weighted by Crippen LogP contribution is -2.41. The second kappa shape index (κ2) is 11.9. The number of nitrogens with zero attached hydrogens (tertiary/aromatic N) is 1. The summed E-state index contributed by atoms with van der Waals surface area (Å²) in [5, 5.41) is 0. The highest BCUT2D eigenvalue weighted by Crippen LogP contribution is 2.33. The number of sulfonamides is 1. The molecule has 162 valence electrons. The van der Waals surface area contributed by atoms with Crippen molar-refractivity contribution < 1.29 is 21.6 Å². The van der Waals surface area contributed by atoms with Crippen LogP contribution in [0.5, 0.6) is 0 Å². The third-order valence-electron chi connectivity index (χ3n) is 4.41. The normalized spacial score (nSPS) is 12.8. The molecule has 7 heteroatoms. The van der Waals surface area contributed by atoms with Crippen LogP contribution in [0.25, 0.3) is 0 Å². The molecule has 0 heterocycles. The average molecular weight is 430 g/mol. The molecule has 1 aromatic rings. The number of benzene rings is 1. The highest BCUT2D eigenvalue weighted by molar-refractivity contribution is 7.90. The Hall–Kier alpha value is -1.94. The van der Waals surface area contributed by atoms with Gasteiger partial charge in [0.05, 0.1) is 0 Å². The first-order chi connectivity index (χ1) is 13.7. The molecule has 0 spiro atoms. The molecule has 0 saturated heterocycles. The summed E-state index contributed by atoms with van der Waals surface area (Å²) in [5.41, 5.74) is -4.01. The van der Waals surface area contributed by atoms with Crippen molar-refractivity contribution in [2.24, 2.45) is 0 Å². The molecule has 0 N–H and O–H groups in total. The Morgan fingerprint density at radius 3 is 2.17 bits per heavy atom. The summed E-state index contributed by atoms with van der Waals surface area (Å²) in [5.74, 6) is 5.90. The van der Waals surface area contributed by atoms with Crippen LogP contribution in [0.2, 0.25) is 0 Å². The zero-order chi connectivity index (χ0) is 21.9. The van der Waals surface area contributed by atoms with Crippen LogP contribution in [-0.4, -0.2) is 24.8 Å². The molecule has 0 radical (unpaired) electrons. The van der Waals surface area contributed by atoms with Crippen molar-refractivity contribution in [1.29, 1.82) is 0 Å². The van der Waals surface area contributed by atoms with Gasteiger partial charge < -0.3 is 0 Å². The Morgan fingerprint density at radius 2 is 1.66 bits per heavy atom. The lowest BCUT2D eigenvalue weighted by Gasteiger charge is -2.29.